The Balaban J connectivity index is 1.86. The predicted molar refractivity (Wildman–Crippen MR) is 73.1 cm³/mol. The van der Waals surface area contributed by atoms with Crippen LogP contribution in [0.15, 0.2) is 24.3 Å². The first-order valence-corrected chi connectivity index (χ1v) is 7.06. The van der Waals surface area contributed by atoms with Crippen LogP contribution >= 0.6 is 0 Å². The van der Waals surface area contributed by atoms with Crippen molar-refractivity contribution in [1.29, 1.82) is 0 Å². The fraction of sp³-hybridized carbons (Fsp3) is 0.600. The Morgan fingerprint density at radius 3 is 2.52 bits per heavy atom. The molecule has 0 radical (unpaired) electrons. The van der Waals surface area contributed by atoms with Gasteiger partial charge in [0.1, 0.15) is 5.75 Å². The average molecular weight is 303 g/mol. The monoisotopic (exact) mass is 303 g/mol. The molecule has 3 atom stereocenters. The number of halogens is 3. The average Bonchev–Trinajstić information content (AvgIpc) is 2.80. The molecule has 1 heterocycles. The van der Waals surface area contributed by atoms with Crippen molar-refractivity contribution in [3.63, 3.8) is 0 Å². The van der Waals surface area contributed by atoms with E-state index in [-0.39, 0.29) is 17.9 Å². The standard InChI is InChI=1S/C15H20F3NO2/c1-10(19-9-13-7-8-20-11(13)2)12-3-5-14(6-4-12)21-15(16,17)18/h3-6,10-11,13,19H,7-9H2,1-2H3. The Labute approximate surface area is 122 Å². The van der Waals surface area contributed by atoms with E-state index in [0.717, 1.165) is 25.1 Å². The summed E-state index contributed by atoms with van der Waals surface area (Å²) in [5.74, 6) is 0.288. The molecule has 0 saturated carbocycles. The Bertz CT molecular complexity index is 447. The van der Waals surface area contributed by atoms with E-state index in [0.29, 0.717) is 5.92 Å². The molecule has 1 saturated heterocycles. The van der Waals surface area contributed by atoms with Gasteiger partial charge >= 0.3 is 6.36 Å². The zero-order valence-electron chi connectivity index (χ0n) is 12.1. The van der Waals surface area contributed by atoms with Gasteiger partial charge in [0.2, 0.25) is 0 Å². The lowest BCUT2D eigenvalue weighted by Gasteiger charge is -2.20. The molecule has 0 aromatic heterocycles. The summed E-state index contributed by atoms with van der Waals surface area (Å²) in [6.07, 6.45) is -3.35. The van der Waals surface area contributed by atoms with E-state index in [9.17, 15) is 13.2 Å². The van der Waals surface area contributed by atoms with Crippen LogP contribution in [-0.2, 0) is 4.74 Å². The summed E-state index contributed by atoms with van der Waals surface area (Å²) < 4.78 is 45.6. The van der Waals surface area contributed by atoms with Gasteiger partial charge in [0, 0.05) is 19.2 Å². The molecule has 3 nitrogen and oxygen atoms in total. The van der Waals surface area contributed by atoms with Gasteiger partial charge < -0.3 is 14.8 Å². The van der Waals surface area contributed by atoms with Crippen molar-refractivity contribution in [3.8, 4) is 5.75 Å². The number of hydrogen-bond donors (Lipinski definition) is 1. The minimum atomic E-state index is -4.65. The van der Waals surface area contributed by atoms with Crippen LogP contribution in [-0.4, -0.2) is 25.6 Å². The van der Waals surface area contributed by atoms with E-state index in [1.165, 1.54) is 12.1 Å². The topological polar surface area (TPSA) is 30.5 Å². The van der Waals surface area contributed by atoms with Crippen molar-refractivity contribution in [1.82, 2.24) is 5.32 Å². The van der Waals surface area contributed by atoms with Gasteiger partial charge in [0.05, 0.1) is 6.10 Å². The number of benzene rings is 1. The second-order valence-electron chi connectivity index (χ2n) is 5.37. The molecule has 2 rings (SSSR count). The number of rotatable bonds is 5. The van der Waals surface area contributed by atoms with Gasteiger partial charge in [0.25, 0.3) is 0 Å². The summed E-state index contributed by atoms with van der Waals surface area (Å²) in [6.45, 7) is 5.68. The molecule has 118 valence electrons. The first-order valence-electron chi connectivity index (χ1n) is 7.06. The zero-order chi connectivity index (χ0) is 15.5. The first kappa shape index (κ1) is 16.1. The van der Waals surface area contributed by atoms with Gasteiger partial charge in [0.15, 0.2) is 0 Å². The third-order valence-corrected chi connectivity index (χ3v) is 3.83. The molecule has 1 aromatic carbocycles. The Morgan fingerprint density at radius 2 is 2.00 bits per heavy atom. The lowest BCUT2D eigenvalue weighted by atomic mass is 10.0. The summed E-state index contributed by atoms with van der Waals surface area (Å²) in [6, 6.07) is 6.03. The third-order valence-electron chi connectivity index (χ3n) is 3.83. The quantitative estimate of drug-likeness (QED) is 0.900. The zero-order valence-corrected chi connectivity index (χ0v) is 12.1. The van der Waals surface area contributed by atoms with E-state index in [4.69, 9.17) is 4.74 Å². The molecule has 3 unspecified atom stereocenters. The highest BCUT2D eigenvalue weighted by Gasteiger charge is 2.31. The van der Waals surface area contributed by atoms with Crippen LogP contribution in [0.5, 0.6) is 5.75 Å². The van der Waals surface area contributed by atoms with E-state index in [2.05, 4.69) is 17.0 Å². The number of hydrogen-bond acceptors (Lipinski definition) is 3. The summed E-state index contributed by atoms with van der Waals surface area (Å²) in [7, 11) is 0. The fourth-order valence-corrected chi connectivity index (χ4v) is 2.45. The number of ether oxygens (including phenoxy) is 2. The number of alkyl halides is 3. The van der Waals surface area contributed by atoms with Crippen LogP contribution in [0.25, 0.3) is 0 Å². The van der Waals surface area contributed by atoms with Gasteiger partial charge in [-0.05, 0) is 43.9 Å². The molecular formula is C15H20F3NO2. The summed E-state index contributed by atoms with van der Waals surface area (Å²) in [5.41, 5.74) is 0.927. The molecule has 0 bridgehead atoms. The predicted octanol–water partition coefficient (Wildman–Crippen LogP) is 3.66. The second kappa shape index (κ2) is 6.66. The van der Waals surface area contributed by atoms with Crippen LogP contribution < -0.4 is 10.1 Å². The van der Waals surface area contributed by atoms with Crippen molar-refractivity contribution in [2.45, 2.75) is 38.8 Å². The van der Waals surface area contributed by atoms with Crippen molar-refractivity contribution in [2.75, 3.05) is 13.2 Å². The van der Waals surface area contributed by atoms with Gasteiger partial charge in [-0.1, -0.05) is 12.1 Å². The van der Waals surface area contributed by atoms with Crippen LogP contribution in [0.4, 0.5) is 13.2 Å². The Morgan fingerprint density at radius 1 is 1.33 bits per heavy atom. The Kier molecular flexibility index (Phi) is 5.11. The van der Waals surface area contributed by atoms with Crippen molar-refractivity contribution in [3.05, 3.63) is 29.8 Å². The highest BCUT2D eigenvalue weighted by atomic mass is 19.4. The van der Waals surface area contributed by atoms with Crippen LogP contribution in [0.1, 0.15) is 31.9 Å². The van der Waals surface area contributed by atoms with Crippen molar-refractivity contribution in [2.24, 2.45) is 5.92 Å². The molecule has 21 heavy (non-hydrogen) atoms. The summed E-state index contributed by atoms with van der Waals surface area (Å²) in [5, 5.41) is 3.40. The van der Waals surface area contributed by atoms with Gasteiger partial charge in [-0.2, -0.15) is 0 Å². The highest BCUT2D eigenvalue weighted by Crippen LogP contribution is 2.25. The summed E-state index contributed by atoms with van der Waals surface area (Å²) in [4.78, 5) is 0. The maximum atomic E-state index is 12.1. The molecule has 1 N–H and O–H groups in total. The molecule has 6 heteroatoms. The molecule has 1 aliphatic rings. The normalized spacial score (nSPS) is 24.0. The van der Waals surface area contributed by atoms with E-state index < -0.39 is 6.36 Å². The Hall–Kier alpha value is -1.27. The van der Waals surface area contributed by atoms with E-state index in [1.807, 2.05) is 6.92 Å². The SMILES string of the molecule is CC(NCC1CCOC1C)c1ccc(OC(F)(F)F)cc1. The van der Waals surface area contributed by atoms with Gasteiger partial charge in [-0.25, -0.2) is 0 Å². The van der Waals surface area contributed by atoms with E-state index >= 15 is 0 Å². The maximum Gasteiger partial charge on any atom is 0.573 e. The smallest absolute Gasteiger partial charge is 0.406 e. The summed E-state index contributed by atoms with van der Waals surface area (Å²) >= 11 is 0. The van der Waals surface area contributed by atoms with Crippen LogP contribution in [0, 0.1) is 5.92 Å². The van der Waals surface area contributed by atoms with Crippen LogP contribution in [0.2, 0.25) is 0 Å². The molecule has 0 amide bonds. The molecular weight excluding hydrogens is 283 g/mol. The third kappa shape index (κ3) is 4.89. The van der Waals surface area contributed by atoms with Crippen LogP contribution in [0.3, 0.4) is 0 Å². The van der Waals surface area contributed by atoms with Crippen molar-refractivity contribution >= 4 is 0 Å². The highest BCUT2D eigenvalue weighted by molar-refractivity contribution is 5.29. The van der Waals surface area contributed by atoms with Gasteiger partial charge in [-0.15, -0.1) is 13.2 Å². The van der Waals surface area contributed by atoms with E-state index in [1.54, 1.807) is 12.1 Å². The molecule has 1 aliphatic heterocycles. The molecule has 1 aromatic rings. The van der Waals surface area contributed by atoms with Gasteiger partial charge in [-0.3, -0.25) is 0 Å². The first-order chi connectivity index (χ1) is 9.85. The second-order valence-corrected chi connectivity index (χ2v) is 5.37. The molecule has 0 aliphatic carbocycles. The fourth-order valence-electron chi connectivity index (χ4n) is 2.45. The minimum absolute atomic E-state index is 0.0673. The number of nitrogens with one attached hydrogen (secondary N) is 1. The molecule has 0 spiro atoms. The lowest BCUT2D eigenvalue weighted by Crippen LogP contribution is -2.29. The maximum absolute atomic E-state index is 12.1. The largest absolute Gasteiger partial charge is 0.573 e. The minimum Gasteiger partial charge on any atom is -0.406 e. The molecule has 1 fully saturated rings. The lowest BCUT2D eigenvalue weighted by molar-refractivity contribution is -0.274. The van der Waals surface area contributed by atoms with Crippen molar-refractivity contribution < 1.29 is 22.6 Å².